The summed E-state index contributed by atoms with van der Waals surface area (Å²) >= 11 is 0. The number of aromatic nitrogens is 1. The Morgan fingerprint density at radius 2 is 1.68 bits per heavy atom. The molecule has 0 aliphatic rings. The normalized spacial score (nSPS) is 11.4. The lowest BCUT2D eigenvalue weighted by Crippen LogP contribution is -2.17. The third-order valence-corrected chi connectivity index (χ3v) is 6.80. The molecule has 2 aromatic carbocycles. The molecule has 3 heterocycles. The molecule has 0 bridgehead atoms. The van der Waals surface area contributed by atoms with Gasteiger partial charge in [0, 0.05) is 35.1 Å². The van der Waals surface area contributed by atoms with Gasteiger partial charge in [0.05, 0.1) is 19.9 Å². The summed E-state index contributed by atoms with van der Waals surface area (Å²) in [6, 6.07) is 13.4. The molecule has 5 aromatic rings. The van der Waals surface area contributed by atoms with E-state index < -0.39 is 5.63 Å². The van der Waals surface area contributed by atoms with Crippen LogP contribution in [0.5, 0.6) is 11.5 Å². The maximum atomic E-state index is 12.3. The summed E-state index contributed by atoms with van der Waals surface area (Å²) in [7, 11) is 3.27. The van der Waals surface area contributed by atoms with Crippen LogP contribution in [-0.2, 0) is 13.0 Å². The summed E-state index contributed by atoms with van der Waals surface area (Å²) in [4.78, 5) is 16.9. The zero-order valence-electron chi connectivity index (χ0n) is 21.7. The molecule has 0 unspecified atom stereocenters. The molecule has 0 fully saturated rings. The highest BCUT2D eigenvalue weighted by atomic mass is 16.5. The number of benzene rings is 2. The lowest BCUT2D eigenvalue weighted by Gasteiger charge is -2.10. The van der Waals surface area contributed by atoms with E-state index in [1.807, 2.05) is 63.4 Å². The zero-order chi connectivity index (χ0) is 26.1. The van der Waals surface area contributed by atoms with Crippen molar-refractivity contribution in [2.24, 2.45) is 0 Å². The lowest BCUT2D eigenvalue weighted by atomic mass is 10.0. The first-order valence-electron chi connectivity index (χ1n) is 12.2. The lowest BCUT2D eigenvalue weighted by molar-refractivity contribution is 0.354. The molecule has 0 saturated carbocycles. The molecule has 0 atom stereocenters. The van der Waals surface area contributed by atoms with Crippen molar-refractivity contribution in [2.75, 3.05) is 20.8 Å². The van der Waals surface area contributed by atoms with Gasteiger partial charge < -0.3 is 23.6 Å². The van der Waals surface area contributed by atoms with Crippen LogP contribution >= 0.6 is 0 Å². The molecule has 0 aliphatic carbocycles. The first kappa shape index (κ1) is 24.6. The Hall–Kier alpha value is -4.10. The van der Waals surface area contributed by atoms with E-state index in [-0.39, 0.29) is 0 Å². The third-order valence-electron chi connectivity index (χ3n) is 6.80. The second-order valence-corrected chi connectivity index (χ2v) is 9.25. The predicted molar refractivity (Wildman–Crippen MR) is 145 cm³/mol. The molecule has 190 valence electrons. The predicted octanol–water partition coefficient (Wildman–Crippen LogP) is 5.88. The Morgan fingerprint density at radius 1 is 0.892 bits per heavy atom. The smallest absolute Gasteiger partial charge is 0.336 e. The maximum absolute atomic E-state index is 12.3. The number of ether oxygens (including phenoxy) is 2. The molecule has 1 N–H and O–H groups in total. The van der Waals surface area contributed by atoms with E-state index in [1.54, 1.807) is 14.2 Å². The minimum Gasteiger partial charge on any atom is -0.493 e. The summed E-state index contributed by atoms with van der Waals surface area (Å²) in [6.07, 6.45) is 2.72. The number of nitrogens with zero attached hydrogens (tertiary/aromatic N) is 1. The number of nitrogens with one attached hydrogen (secondary N) is 1. The molecule has 0 aliphatic heterocycles. The number of hydrogen-bond donors (Lipinski definition) is 1. The first-order valence-corrected chi connectivity index (χ1v) is 12.2. The van der Waals surface area contributed by atoms with Gasteiger partial charge in [-0.2, -0.15) is 0 Å². The Morgan fingerprint density at radius 3 is 2.46 bits per heavy atom. The number of rotatable bonds is 8. The average Bonchev–Trinajstić information content (AvgIpc) is 3.34. The fraction of sp³-hybridized carbons (Fsp3) is 0.267. The van der Waals surface area contributed by atoms with Crippen molar-refractivity contribution in [3.8, 4) is 22.8 Å². The van der Waals surface area contributed by atoms with Crippen molar-refractivity contribution in [1.29, 1.82) is 0 Å². The molecule has 3 aromatic heterocycles. The topological polar surface area (TPSA) is 86.7 Å². The number of furan rings is 1. The Balaban J connectivity index is 1.41. The zero-order valence-corrected chi connectivity index (χ0v) is 21.7. The summed E-state index contributed by atoms with van der Waals surface area (Å²) in [6.45, 7) is 7.38. The van der Waals surface area contributed by atoms with E-state index in [0.717, 1.165) is 74.3 Å². The molecular formula is C30H30N2O5. The van der Waals surface area contributed by atoms with Crippen LogP contribution in [0.2, 0.25) is 0 Å². The summed E-state index contributed by atoms with van der Waals surface area (Å²) in [5.74, 6) is 2.07. The van der Waals surface area contributed by atoms with Gasteiger partial charge in [-0.3, -0.25) is 4.98 Å². The van der Waals surface area contributed by atoms with Crippen LogP contribution in [0.4, 0.5) is 0 Å². The fourth-order valence-corrected chi connectivity index (χ4v) is 4.59. The maximum Gasteiger partial charge on any atom is 0.336 e. The van der Waals surface area contributed by atoms with Crippen LogP contribution in [0.25, 0.3) is 33.3 Å². The molecule has 0 saturated heterocycles. The quantitative estimate of drug-likeness (QED) is 0.211. The second kappa shape index (κ2) is 10.1. The number of fused-ring (bicyclic) bond motifs is 2. The van der Waals surface area contributed by atoms with Crippen LogP contribution in [0, 0.1) is 20.8 Å². The van der Waals surface area contributed by atoms with Crippen molar-refractivity contribution >= 4 is 21.9 Å². The average molecular weight is 499 g/mol. The van der Waals surface area contributed by atoms with Crippen LogP contribution in [-0.4, -0.2) is 25.7 Å². The van der Waals surface area contributed by atoms with Gasteiger partial charge >= 0.3 is 5.63 Å². The van der Waals surface area contributed by atoms with Crippen LogP contribution in [0.1, 0.15) is 27.9 Å². The highest BCUT2D eigenvalue weighted by Crippen LogP contribution is 2.35. The Labute approximate surface area is 215 Å². The monoisotopic (exact) mass is 498 g/mol. The SMILES string of the molecule is COc1ccc(CCNCc2cnc(C)c3oc(-c4cc(=O)oc5cc(C)c(C)cc45)cc23)cc1OC. The molecule has 7 nitrogen and oxygen atoms in total. The van der Waals surface area contributed by atoms with Gasteiger partial charge in [0.15, 0.2) is 17.1 Å². The van der Waals surface area contributed by atoms with Gasteiger partial charge in [-0.25, -0.2) is 4.79 Å². The van der Waals surface area contributed by atoms with Gasteiger partial charge in [0.1, 0.15) is 11.3 Å². The summed E-state index contributed by atoms with van der Waals surface area (Å²) < 4.78 is 22.5. The highest BCUT2D eigenvalue weighted by molar-refractivity contribution is 5.96. The third kappa shape index (κ3) is 4.82. The second-order valence-electron chi connectivity index (χ2n) is 9.25. The number of hydrogen-bond acceptors (Lipinski definition) is 7. The molecule has 5 rings (SSSR count). The molecule has 37 heavy (non-hydrogen) atoms. The van der Waals surface area contributed by atoms with E-state index in [9.17, 15) is 4.79 Å². The van der Waals surface area contributed by atoms with Gasteiger partial charge in [-0.15, -0.1) is 0 Å². The van der Waals surface area contributed by atoms with Crippen LogP contribution in [0.15, 0.2) is 62.3 Å². The van der Waals surface area contributed by atoms with Crippen molar-refractivity contribution in [3.05, 3.63) is 87.0 Å². The van der Waals surface area contributed by atoms with Crippen molar-refractivity contribution < 1.29 is 18.3 Å². The summed E-state index contributed by atoms with van der Waals surface area (Å²) in [5, 5.41) is 5.34. The van der Waals surface area contributed by atoms with E-state index in [0.29, 0.717) is 17.9 Å². The van der Waals surface area contributed by atoms with E-state index in [2.05, 4.69) is 10.3 Å². The molecule has 0 spiro atoms. The summed E-state index contributed by atoms with van der Waals surface area (Å²) in [5.41, 5.74) is 6.77. The Bertz CT molecular complexity index is 1670. The largest absolute Gasteiger partial charge is 0.493 e. The minimum atomic E-state index is -0.405. The van der Waals surface area contributed by atoms with Crippen LogP contribution in [0.3, 0.4) is 0 Å². The fourth-order valence-electron chi connectivity index (χ4n) is 4.59. The van der Waals surface area contributed by atoms with Crippen molar-refractivity contribution in [2.45, 2.75) is 33.7 Å². The molecule has 7 heteroatoms. The van der Waals surface area contributed by atoms with Crippen molar-refractivity contribution in [3.63, 3.8) is 0 Å². The Kier molecular flexibility index (Phi) is 6.72. The van der Waals surface area contributed by atoms with Gasteiger partial charge in [0.2, 0.25) is 0 Å². The molecular weight excluding hydrogens is 468 g/mol. The minimum absolute atomic E-state index is 0.405. The van der Waals surface area contributed by atoms with Crippen LogP contribution < -0.4 is 20.4 Å². The standard InChI is InChI=1S/C30H30N2O5/c1-17-10-23-24(14-29(33)36-26(23)11-18(17)2)27-13-22-21(16-32-19(3)30(22)37-27)15-31-9-8-20-6-7-25(34-4)28(12-20)35-5/h6-7,10-14,16,31H,8-9,15H2,1-5H3. The highest BCUT2D eigenvalue weighted by Gasteiger charge is 2.17. The van der Waals surface area contributed by atoms with Gasteiger partial charge in [0.25, 0.3) is 0 Å². The first-order chi connectivity index (χ1) is 17.9. The number of aryl methyl sites for hydroxylation is 3. The van der Waals surface area contributed by atoms with E-state index >= 15 is 0 Å². The van der Waals surface area contributed by atoms with Gasteiger partial charge in [-0.05, 0) is 86.3 Å². The molecule has 0 radical (unpaired) electrons. The van der Waals surface area contributed by atoms with Crippen molar-refractivity contribution in [1.82, 2.24) is 10.3 Å². The van der Waals surface area contributed by atoms with Gasteiger partial charge in [-0.1, -0.05) is 6.07 Å². The van der Waals surface area contributed by atoms with E-state index in [1.165, 1.54) is 6.07 Å². The molecule has 0 amide bonds. The van der Waals surface area contributed by atoms with E-state index in [4.69, 9.17) is 18.3 Å². The number of methoxy groups -OCH3 is 2. The number of pyridine rings is 1.